The lowest BCUT2D eigenvalue weighted by Crippen LogP contribution is -2.42. The minimum atomic E-state index is -0.644. The lowest BCUT2D eigenvalue weighted by Gasteiger charge is -2.25. The SMILES string of the molecule is COc1ccc(-c2cn(-c3ccc(OC)cc3)c(NC(=O)CN(C[C@H]3CCCO3)C(=O)c3ccccc3F)n2)cc1. The molecule has 9 nitrogen and oxygen atoms in total. The summed E-state index contributed by atoms with van der Waals surface area (Å²) >= 11 is 0. The number of benzene rings is 3. The van der Waals surface area contributed by atoms with Crippen LogP contribution < -0.4 is 14.8 Å². The lowest BCUT2D eigenvalue weighted by atomic mass is 10.1. The fraction of sp³-hybridized carbons (Fsp3) is 0.258. The summed E-state index contributed by atoms with van der Waals surface area (Å²) in [5.74, 6) is -0.0368. The van der Waals surface area contributed by atoms with Gasteiger partial charge in [0.05, 0.1) is 31.6 Å². The average molecular weight is 559 g/mol. The van der Waals surface area contributed by atoms with Gasteiger partial charge < -0.3 is 19.1 Å². The molecule has 1 fully saturated rings. The van der Waals surface area contributed by atoms with Crippen LogP contribution in [0, 0.1) is 5.82 Å². The standard InChI is InChI=1S/C31H31FN4O5/c1-39-23-13-9-21(10-14-23)28-19-36(22-11-15-24(40-2)16-12-22)31(33-28)34-29(37)20-35(18-25-6-5-17-41-25)30(38)26-7-3-4-8-27(26)32/h3-4,7-16,19,25H,5-6,17-18,20H2,1-2H3,(H,33,34,37)/t25-/m1/s1. The van der Waals surface area contributed by atoms with Gasteiger partial charge in [-0.2, -0.15) is 0 Å². The number of carbonyl (C=O) groups excluding carboxylic acids is 2. The summed E-state index contributed by atoms with van der Waals surface area (Å²) < 4.78 is 32.5. The molecule has 1 aromatic heterocycles. The molecule has 1 N–H and O–H groups in total. The van der Waals surface area contributed by atoms with Gasteiger partial charge in [-0.3, -0.25) is 19.5 Å². The molecule has 2 amide bonds. The topological polar surface area (TPSA) is 94.9 Å². The van der Waals surface area contributed by atoms with E-state index in [2.05, 4.69) is 5.32 Å². The molecule has 1 atom stereocenters. The van der Waals surface area contributed by atoms with Gasteiger partial charge in [-0.25, -0.2) is 9.37 Å². The van der Waals surface area contributed by atoms with Gasteiger partial charge >= 0.3 is 0 Å². The minimum Gasteiger partial charge on any atom is -0.497 e. The number of imidazole rings is 1. The van der Waals surface area contributed by atoms with Crippen molar-refractivity contribution in [3.8, 4) is 28.4 Å². The molecule has 0 spiro atoms. The van der Waals surface area contributed by atoms with Gasteiger partial charge in [0, 0.05) is 30.6 Å². The number of hydrogen-bond acceptors (Lipinski definition) is 6. The van der Waals surface area contributed by atoms with Crippen molar-refractivity contribution < 1.29 is 28.2 Å². The number of methoxy groups -OCH3 is 2. The molecule has 0 saturated carbocycles. The van der Waals surface area contributed by atoms with E-state index in [0.717, 1.165) is 24.1 Å². The molecule has 0 aliphatic carbocycles. The molecule has 10 heteroatoms. The highest BCUT2D eigenvalue weighted by molar-refractivity contribution is 5.99. The predicted octanol–water partition coefficient (Wildman–Crippen LogP) is 4.96. The number of amides is 2. The maximum Gasteiger partial charge on any atom is 0.257 e. The van der Waals surface area contributed by atoms with Gasteiger partial charge in [0.15, 0.2) is 0 Å². The van der Waals surface area contributed by atoms with Crippen molar-refractivity contribution in [2.75, 3.05) is 39.2 Å². The van der Waals surface area contributed by atoms with Gasteiger partial charge in [-0.15, -0.1) is 0 Å². The van der Waals surface area contributed by atoms with E-state index in [1.165, 1.54) is 23.1 Å². The first kappa shape index (κ1) is 27.9. The van der Waals surface area contributed by atoms with Crippen LogP contribution in [0.5, 0.6) is 11.5 Å². The zero-order valence-electron chi connectivity index (χ0n) is 22.9. The predicted molar refractivity (Wildman–Crippen MR) is 152 cm³/mol. The van der Waals surface area contributed by atoms with Crippen LogP contribution in [0.4, 0.5) is 10.3 Å². The average Bonchev–Trinajstić information content (AvgIpc) is 3.67. The van der Waals surface area contributed by atoms with Crippen LogP contribution >= 0.6 is 0 Å². The third kappa shape index (κ3) is 6.55. The largest absolute Gasteiger partial charge is 0.497 e. The van der Waals surface area contributed by atoms with Crippen LogP contribution in [0.15, 0.2) is 79.0 Å². The van der Waals surface area contributed by atoms with E-state index in [1.807, 2.05) is 54.7 Å². The zero-order valence-corrected chi connectivity index (χ0v) is 22.9. The molecular formula is C31H31FN4O5. The molecule has 1 saturated heterocycles. The summed E-state index contributed by atoms with van der Waals surface area (Å²) in [6.45, 7) is 0.455. The van der Waals surface area contributed by atoms with Gasteiger partial charge in [-0.1, -0.05) is 12.1 Å². The fourth-order valence-electron chi connectivity index (χ4n) is 4.70. The molecule has 5 rings (SSSR count). The van der Waals surface area contributed by atoms with Gasteiger partial charge in [-0.05, 0) is 73.5 Å². The Morgan fingerprint density at radius 1 is 1.02 bits per heavy atom. The molecule has 0 bridgehead atoms. The van der Waals surface area contributed by atoms with Gasteiger partial charge in [0.1, 0.15) is 23.9 Å². The van der Waals surface area contributed by atoms with Crippen LogP contribution in [0.25, 0.3) is 16.9 Å². The highest BCUT2D eigenvalue weighted by Gasteiger charge is 2.27. The van der Waals surface area contributed by atoms with E-state index in [9.17, 15) is 14.0 Å². The number of ether oxygens (including phenoxy) is 3. The Bertz CT molecular complexity index is 1500. The number of hydrogen-bond donors (Lipinski definition) is 1. The molecule has 0 unspecified atom stereocenters. The Balaban J connectivity index is 1.42. The minimum absolute atomic E-state index is 0.0974. The number of aromatic nitrogens is 2. The van der Waals surface area contributed by atoms with Crippen LogP contribution in [0.1, 0.15) is 23.2 Å². The van der Waals surface area contributed by atoms with Crippen molar-refractivity contribution >= 4 is 17.8 Å². The molecule has 1 aliphatic heterocycles. The number of halogens is 1. The highest BCUT2D eigenvalue weighted by atomic mass is 19.1. The van der Waals surface area contributed by atoms with E-state index >= 15 is 0 Å². The molecule has 1 aliphatic rings. The molecule has 212 valence electrons. The monoisotopic (exact) mass is 558 g/mol. The smallest absolute Gasteiger partial charge is 0.257 e. The zero-order chi connectivity index (χ0) is 28.8. The van der Waals surface area contributed by atoms with Crippen LogP contribution in [0.2, 0.25) is 0 Å². The molecule has 3 aromatic carbocycles. The number of anilines is 1. The quantitative estimate of drug-likeness (QED) is 0.296. The second-order valence-corrected chi connectivity index (χ2v) is 9.60. The van der Waals surface area contributed by atoms with Gasteiger partial charge in [0.2, 0.25) is 11.9 Å². The van der Waals surface area contributed by atoms with Gasteiger partial charge in [0.25, 0.3) is 5.91 Å². The Hall–Kier alpha value is -4.70. The maximum atomic E-state index is 14.5. The van der Waals surface area contributed by atoms with Crippen molar-refractivity contribution in [1.82, 2.24) is 14.5 Å². The summed E-state index contributed by atoms with van der Waals surface area (Å²) in [5, 5.41) is 2.86. The number of rotatable bonds is 10. The number of nitrogens with zero attached hydrogens (tertiary/aromatic N) is 3. The van der Waals surface area contributed by atoms with Crippen molar-refractivity contribution in [3.63, 3.8) is 0 Å². The summed E-state index contributed by atoms with van der Waals surface area (Å²) in [4.78, 5) is 32.8. The molecular weight excluding hydrogens is 527 g/mol. The Kier molecular flexibility index (Phi) is 8.59. The summed E-state index contributed by atoms with van der Waals surface area (Å²) in [7, 11) is 3.19. The van der Waals surface area contributed by atoms with Crippen molar-refractivity contribution in [2.45, 2.75) is 18.9 Å². The first-order valence-corrected chi connectivity index (χ1v) is 13.3. The second-order valence-electron chi connectivity index (χ2n) is 9.60. The summed E-state index contributed by atoms with van der Waals surface area (Å²) in [6, 6.07) is 20.5. The van der Waals surface area contributed by atoms with Crippen molar-refractivity contribution in [3.05, 3.63) is 90.4 Å². The van der Waals surface area contributed by atoms with Crippen LogP contribution in [-0.2, 0) is 9.53 Å². The highest BCUT2D eigenvalue weighted by Crippen LogP contribution is 2.27. The van der Waals surface area contributed by atoms with E-state index in [0.29, 0.717) is 23.8 Å². The first-order valence-electron chi connectivity index (χ1n) is 13.3. The fourth-order valence-corrected chi connectivity index (χ4v) is 4.70. The maximum absolute atomic E-state index is 14.5. The lowest BCUT2D eigenvalue weighted by molar-refractivity contribution is -0.117. The summed E-state index contributed by atoms with van der Waals surface area (Å²) in [6.07, 6.45) is 3.22. The van der Waals surface area contributed by atoms with Crippen molar-refractivity contribution in [1.29, 1.82) is 0 Å². The number of nitrogens with one attached hydrogen (secondary N) is 1. The number of carbonyl (C=O) groups is 2. The normalized spacial score (nSPS) is 14.5. The van der Waals surface area contributed by atoms with E-state index in [-0.39, 0.29) is 30.7 Å². The van der Waals surface area contributed by atoms with E-state index in [4.69, 9.17) is 19.2 Å². The Labute approximate surface area is 237 Å². The molecule has 4 aromatic rings. The molecule has 0 radical (unpaired) electrons. The van der Waals surface area contributed by atoms with Crippen molar-refractivity contribution in [2.24, 2.45) is 0 Å². The first-order chi connectivity index (χ1) is 19.9. The Morgan fingerprint density at radius 3 is 2.34 bits per heavy atom. The molecule has 2 heterocycles. The van der Waals surface area contributed by atoms with E-state index < -0.39 is 17.6 Å². The second kappa shape index (κ2) is 12.6. The molecule has 41 heavy (non-hydrogen) atoms. The summed E-state index contributed by atoms with van der Waals surface area (Å²) in [5.41, 5.74) is 2.09. The third-order valence-electron chi connectivity index (χ3n) is 6.87. The third-order valence-corrected chi connectivity index (χ3v) is 6.87. The van der Waals surface area contributed by atoms with Crippen LogP contribution in [-0.4, -0.2) is 66.3 Å². The van der Waals surface area contributed by atoms with Crippen LogP contribution in [0.3, 0.4) is 0 Å². The van der Waals surface area contributed by atoms with E-state index in [1.54, 1.807) is 24.9 Å². The Morgan fingerprint density at radius 2 is 1.71 bits per heavy atom.